The first kappa shape index (κ1) is 33.7. The van der Waals surface area contributed by atoms with Gasteiger partial charge in [-0.05, 0) is 98.2 Å². The zero-order valence-electron chi connectivity index (χ0n) is 27.5. The summed E-state index contributed by atoms with van der Waals surface area (Å²) < 4.78 is 39.7. The van der Waals surface area contributed by atoms with E-state index < -0.39 is 54.0 Å². The van der Waals surface area contributed by atoms with Gasteiger partial charge >= 0.3 is 0 Å². The first-order chi connectivity index (χ1) is 17.9. The Labute approximate surface area is 247 Å². The molecule has 15 heteroatoms. The van der Waals surface area contributed by atoms with Crippen molar-refractivity contribution in [1.29, 1.82) is 0 Å². The highest BCUT2D eigenvalue weighted by atomic mass is 28.4. The number of amidine groups is 1. The second-order valence-corrected chi connectivity index (χ2v) is 37.9. The van der Waals surface area contributed by atoms with Gasteiger partial charge in [0.15, 0.2) is 37.3 Å². The Morgan fingerprint density at radius 1 is 0.750 bits per heavy atom. The van der Waals surface area contributed by atoms with Crippen LogP contribution in [0.15, 0.2) is 21.6 Å². The normalized spacial score (nSPS) is 28.0. The molecule has 0 bridgehead atoms. The summed E-state index contributed by atoms with van der Waals surface area (Å²) in [5, 5.41) is 3.30. The summed E-state index contributed by atoms with van der Waals surface area (Å²) in [5.41, 5.74) is 0.727. The maximum absolute atomic E-state index is 6.87. The number of nitrogens with zero attached hydrogens (tertiary/aromatic N) is 3. The summed E-state index contributed by atoms with van der Waals surface area (Å²) >= 11 is 0. The van der Waals surface area contributed by atoms with Crippen LogP contribution in [0.5, 0.6) is 0 Å². The average Bonchev–Trinajstić information content (AvgIpc) is 3.23. The van der Waals surface area contributed by atoms with Crippen molar-refractivity contribution < 1.29 is 26.9 Å². The monoisotopic (exact) mass is 646 g/mol. The SMILES string of the molecule is C[Si](C)(C)OC[C@@H]1OC(N2C=NC3=C(O[Si](C)(C)C)NC(O[Si](C)(C)C)=NC32)[C@@H](O[Si](C)(C)C)[C@H]1O[Si](C)(C)C. The molecular weight excluding hydrogens is 593 g/mol. The van der Waals surface area contributed by atoms with Crippen molar-refractivity contribution in [2.75, 3.05) is 6.61 Å². The number of nitrogens with one attached hydrogen (secondary N) is 1. The van der Waals surface area contributed by atoms with Crippen molar-refractivity contribution in [3.63, 3.8) is 0 Å². The minimum atomic E-state index is -2.00. The second kappa shape index (κ2) is 11.7. The molecule has 0 aromatic rings. The molecule has 0 radical (unpaired) electrons. The first-order valence-electron chi connectivity index (χ1n) is 14.3. The third-order valence-corrected chi connectivity index (χ3v) is 10.2. The van der Waals surface area contributed by atoms with Crippen molar-refractivity contribution in [1.82, 2.24) is 10.2 Å². The van der Waals surface area contributed by atoms with Crippen molar-refractivity contribution in [2.24, 2.45) is 9.98 Å². The lowest BCUT2D eigenvalue weighted by Crippen LogP contribution is -2.54. The van der Waals surface area contributed by atoms with E-state index in [1.54, 1.807) is 0 Å². The van der Waals surface area contributed by atoms with E-state index >= 15 is 0 Å². The van der Waals surface area contributed by atoms with E-state index in [0.717, 1.165) is 5.70 Å². The molecular formula is C25H54N4O6Si5. The molecule has 0 spiro atoms. The molecule has 5 atom stereocenters. The predicted molar refractivity (Wildman–Crippen MR) is 175 cm³/mol. The third kappa shape index (κ3) is 9.89. The highest BCUT2D eigenvalue weighted by molar-refractivity contribution is 6.72. The number of hydrogen-bond acceptors (Lipinski definition) is 10. The number of hydrogen-bond donors (Lipinski definition) is 1. The van der Waals surface area contributed by atoms with Crippen LogP contribution in [-0.2, 0) is 26.9 Å². The van der Waals surface area contributed by atoms with E-state index in [9.17, 15) is 0 Å². The minimum Gasteiger partial charge on any atom is -0.531 e. The Bertz CT molecular complexity index is 1010. The number of ether oxygens (including phenoxy) is 1. The lowest BCUT2D eigenvalue weighted by molar-refractivity contribution is -0.0706. The molecule has 1 fully saturated rings. The summed E-state index contributed by atoms with van der Waals surface area (Å²) in [7, 11) is -9.65. The zero-order valence-corrected chi connectivity index (χ0v) is 32.5. The molecule has 3 aliphatic rings. The molecule has 10 nitrogen and oxygen atoms in total. The van der Waals surface area contributed by atoms with Crippen molar-refractivity contribution in [3.05, 3.63) is 11.6 Å². The van der Waals surface area contributed by atoms with Crippen LogP contribution in [0.2, 0.25) is 98.2 Å². The van der Waals surface area contributed by atoms with Gasteiger partial charge < -0.3 is 31.8 Å². The average molecular weight is 647 g/mol. The molecule has 2 unspecified atom stereocenters. The van der Waals surface area contributed by atoms with Crippen LogP contribution < -0.4 is 5.32 Å². The molecule has 0 aromatic carbocycles. The van der Waals surface area contributed by atoms with Crippen molar-refractivity contribution >= 4 is 53.9 Å². The number of aliphatic imine (C=N–C) groups is 2. The van der Waals surface area contributed by atoms with Gasteiger partial charge in [-0.3, -0.25) is 5.32 Å². The van der Waals surface area contributed by atoms with Gasteiger partial charge in [0.2, 0.25) is 22.5 Å². The molecule has 3 rings (SSSR count). The first-order valence-corrected chi connectivity index (χ1v) is 31.4. The van der Waals surface area contributed by atoms with E-state index in [2.05, 4.69) is 108 Å². The van der Waals surface area contributed by atoms with Gasteiger partial charge in [0.1, 0.15) is 24.0 Å². The molecule has 0 aliphatic carbocycles. The molecule has 1 saturated heterocycles. The Kier molecular flexibility index (Phi) is 9.87. The quantitative estimate of drug-likeness (QED) is 0.294. The highest BCUT2D eigenvalue weighted by Gasteiger charge is 2.54. The van der Waals surface area contributed by atoms with Gasteiger partial charge in [-0.2, -0.15) is 0 Å². The van der Waals surface area contributed by atoms with Crippen LogP contribution in [-0.4, -0.2) is 96.2 Å². The predicted octanol–water partition coefficient (Wildman–Crippen LogP) is 5.50. The van der Waals surface area contributed by atoms with Gasteiger partial charge in [0.05, 0.1) is 12.9 Å². The van der Waals surface area contributed by atoms with Gasteiger partial charge in [0.25, 0.3) is 6.02 Å². The number of rotatable bonds is 11. The Morgan fingerprint density at radius 3 is 1.80 bits per heavy atom. The standard InChI is InChI=1S/C25H54N4O6Si5/c1-36(2,3)30-16-18-20(32-37(4,5)6)21(33-38(7,8)9)24(31-18)29-17-26-19-22(29)27-25(35-40(13,14)15)28-23(19)34-39(10,11)12/h17-18,20-22,24H,16H2,1-15H3,(H,27,28)/t18-,20-,21-,22?,24?/m0/s1. The second-order valence-electron chi connectivity index (χ2n) is 15.6. The topological polar surface area (TPSA) is 95.4 Å². The maximum Gasteiger partial charge on any atom is 0.280 e. The van der Waals surface area contributed by atoms with E-state index in [1.807, 2.05) is 6.34 Å². The van der Waals surface area contributed by atoms with Crippen LogP contribution in [0.1, 0.15) is 0 Å². The Morgan fingerprint density at radius 2 is 1.30 bits per heavy atom. The molecule has 1 N–H and O–H groups in total. The van der Waals surface area contributed by atoms with Crippen molar-refractivity contribution in [3.8, 4) is 0 Å². The summed E-state index contributed by atoms with van der Waals surface area (Å²) in [4.78, 5) is 11.8. The fraction of sp³-hybridized carbons (Fsp3) is 0.840. The summed E-state index contributed by atoms with van der Waals surface area (Å²) in [6.07, 6.45) is 0.0368. The molecule has 40 heavy (non-hydrogen) atoms. The lowest BCUT2D eigenvalue weighted by Gasteiger charge is -2.38. The number of fused-ring (bicyclic) bond motifs is 1. The fourth-order valence-electron chi connectivity index (χ4n) is 4.44. The summed E-state index contributed by atoms with van der Waals surface area (Å²) in [6.45, 7) is 33.1. The van der Waals surface area contributed by atoms with Crippen LogP contribution in [0, 0.1) is 0 Å². The van der Waals surface area contributed by atoms with Crippen LogP contribution in [0.3, 0.4) is 0 Å². The molecule has 0 aromatic heterocycles. The largest absolute Gasteiger partial charge is 0.531 e. The zero-order chi connectivity index (χ0) is 30.5. The maximum atomic E-state index is 6.87. The summed E-state index contributed by atoms with van der Waals surface area (Å²) in [6, 6.07) is 0.464. The van der Waals surface area contributed by atoms with Crippen LogP contribution in [0.25, 0.3) is 0 Å². The molecule has 230 valence electrons. The van der Waals surface area contributed by atoms with Gasteiger partial charge in [-0.15, -0.1) is 0 Å². The van der Waals surface area contributed by atoms with E-state index in [-0.39, 0.29) is 18.3 Å². The molecule has 3 heterocycles. The van der Waals surface area contributed by atoms with Gasteiger partial charge in [-0.1, -0.05) is 0 Å². The lowest BCUT2D eigenvalue weighted by atomic mass is 10.1. The smallest absolute Gasteiger partial charge is 0.280 e. The molecule has 3 aliphatic heterocycles. The third-order valence-electron chi connectivity index (χ3n) is 5.60. The van der Waals surface area contributed by atoms with Crippen LogP contribution >= 0.6 is 0 Å². The highest BCUT2D eigenvalue weighted by Crippen LogP contribution is 2.38. The van der Waals surface area contributed by atoms with Crippen LogP contribution in [0.4, 0.5) is 0 Å². The van der Waals surface area contributed by atoms with E-state index in [1.165, 1.54) is 0 Å². The molecule has 0 saturated carbocycles. The van der Waals surface area contributed by atoms with E-state index in [0.29, 0.717) is 18.5 Å². The Hall–Kier alpha value is -0.796. The minimum absolute atomic E-state index is 0.262. The van der Waals surface area contributed by atoms with Gasteiger partial charge in [0, 0.05) is 0 Å². The Balaban J connectivity index is 2.04. The van der Waals surface area contributed by atoms with Crippen molar-refractivity contribution in [2.45, 2.75) is 129 Å². The fourth-order valence-corrected chi connectivity index (χ4v) is 8.72. The summed E-state index contributed by atoms with van der Waals surface area (Å²) in [5.74, 6) is 0.611. The van der Waals surface area contributed by atoms with E-state index in [4.69, 9.17) is 36.9 Å². The molecule has 0 amide bonds. The van der Waals surface area contributed by atoms with Gasteiger partial charge in [-0.25, -0.2) is 9.98 Å².